The molecular formula is C25H32N4O3. The van der Waals surface area contributed by atoms with Crippen molar-refractivity contribution >= 4 is 6.03 Å². The maximum atomic E-state index is 13.0. The van der Waals surface area contributed by atoms with Crippen LogP contribution in [0.3, 0.4) is 0 Å². The summed E-state index contributed by atoms with van der Waals surface area (Å²) in [6.07, 6.45) is 6.30. The number of nitrogens with zero attached hydrogens (tertiary/aromatic N) is 3. The van der Waals surface area contributed by atoms with Crippen molar-refractivity contribution in [2.75, 3.05) is 26.3 Å². The van der Waals surface area contributed by atoms with Crippen molar-refractivity contribution in [3.63, 3.8) is 0 Å². The molecule has 0 radical (unpaired) electrons. The zero-order valence-corrected chi connectivity index (χ0v) is 18.9. The van der Waals surface area contributed by atoms with E-state index in [1.54, 1.807) is 12.5 Å². The first-order valence-electron chi connectivity index (χ1n) is 11.0. The zero-order valence-electron chi connectivity index (χ0n) is 18.9. The van der Waals surface area contributed by atoms with E-state index in [2.05, 4.69) is 10.3 Å². The average molecular weight is 437 g/mol. The molecule has 0 aliphatic carbocycles. The van der Waals surface area contributed by atoms with Crippen LogP contribution in [0.1, 0.15) is 24.5 Å². The third-order valence-corrected chi connectivity index (χ3v) is 4.96. The SMILES string of the molecule is CCOc1ccccc1CN(CCCn1ccnc1)C(=O)NCCOc1cccc(C)c1. The number of carbonyl (C=O) groups excluding carboxylic acids is 1. The van der Waals surface area contributed by atoms with E-state index in [-0.39, 0.29) is 6.03 Å². The van der Waals surface area contributed by atoms with E-state index in [9.17, 15) is 4.79 Å². The summed E-state index contributed by atoms with van der Waals surface area (Å²) in [5.41, 5.74) is 2.13. The third-order valence-electron chi connectivity index (χ3n) is 4.96. The summed E-state index contributed by atoms with van der Waals surface area (Å²) >= 11 is 0. The summed E-state index contributed by atoms with van der Waals surface area (Å²) in [4.78, 5) is 18.9. The number of urea groups is 1. The zero-order chi connectivity index (χ0) is 22.6. The van der Waals surface area contributed by atoms with Crippen LogP contribution in [-0.2, 0) is 13.1 Å². The van der Waals surface area contributed by atoms with Crippen molar-refractivity contribution in [1.82, 2.24) is 19.8 Å². The molecule has 0 atom stereocenters. The molecule has 0 fully saturated rings. The van der Waals surface area contributed by atoms with Gasteiger partial charge in [-0.2, -0.15) is 0 Å². The number of nitrogens with one attached hydrogen (secondary N) is 1. The first kappa shape index (κ1) is 23.2. The number of carbonyl (C=O) groups is 1. The Morgan fingerprint density at radius 2 is 2.03 bits per heavy atom. The fourth-order valence-corrected chi connectivity index (χ4v) is 3.40. The Balaban J connectivity index is 1.56. The van der Waals surface area contributed by atoms with Crippen molar-refractivity contribution in [3.05, 3.63) is 78.4 Å². The van der Waals surface area contributed by atoms with E-state index in [0.717, 1.165) is 35.6 Å². The molecule has 0 unspecified atom stereocenters. The number of aryl methyl sites for hydroxylation is 2. The Morgan fingerprint density at radius 3 is 2.81 bits per heavy atom. The van der Waals surface area contributed by atoms with E-state index in [4.69, 9.17) is 9.47 Å². The predicted octanol–water partition coefficient (Wildman–Crippen LogP) is 4.27. The largest absolute Gasteiger partial charge is 0.494 e. The number of benzene rings is 2. The van der Waals surface area contributed by atoms with Gasteiger partial charge in [0.15, 0.2) is 0 Å². The quantitative estimate of drug-likeness (QED) is 0.431. The molecule has 7 heteroatoms. The summed E-state index contributed by atoms with van der Waals surface area (Å²) < 4.78 is 13.5. The van der Waals surface area contributed by atoms with Gasteiger partial charge in [0.2, 0.25) is 0 Å². The lowest BCUT2D eigenvalue weighted by molar-refractivity contribution is 0.189. The highest BCUT2D eigenvalue weighted by Gasteiger charge is 2.16. The lowest BCUT2D eigenvalue weighted by Crippen LogP contribution is -2.41. The molecular weight excluding hydrogens is 404 g/mol. The van der Waals surface area contributed by atoms with E-state index >= 15 is 0 Å². The minimum atomic E-state index is -0.116. The molecule has 32 heavy (non-hydrogen) atoms. The van der Waals surface area contributed by atoms with Gasteiger partial charge in [-0.05, 0) is 44.0 Å². The molecule has 3 aromatic rings. The predicted molar refractivity (Wildman–Crippen MR) is 125 cm³/mol. The Hall–Kier alpha value is -3.48. The molecule has 170 valence electrons. The molecule has 2 aromatic carbocycles. The van der Waals surface area contributed by atoms with Gasteiger partial charge in [-0.3, -0.25) is 0 Å². The van der Waals surface area contributed by atoms with Gasteiger partial charge in [-0.15, -0.1) is 0 Å². The maximum Gasteiger partial charge on any atom is 0.317 e. The van der Waals surface area contributed by atoms with Crippen LogP contribution in [0.25, 0.3) is 0 Å². The number of rotatable bonds is 12. The van der Waals surface area contributed by atoms with Crippen molar-refractivity contribution in [2.24, 2.45) is 0 Å². The molecule has 0 aliphatic rings. The fourth-order valence-electron chi connectivity index (χ4n) is 3.40. The van der Waals surface area contributed by atoms with Gasteiger partial charge in [-0.25, -0.2) is 9.78 Å². The van der Waals surface area contributed by atoms with Crippen molar-refractivity contribution in [3.8, 4) is 11.5 Å². The molecule has 1 aromatic heterocycles. The number of amides is 2. The number of hydrogen-bond acceptors (Lipinski definition) is 4. The van der Waals surface area contributed by atoms with Crippen LogP contribution in [-0.4, -0.2) is 46.8 Å². The number of hydrogen-bond donors (Lipinski definition) is 1. The molecule has 2 amide bonds. The molecule has 0 spiro atoms. The lowest BCUT2D eigenvalue weighted by atomic mass is 10.2. The second kappa shape index (κ2) is 12.4. The van der Waals surface area contributed by atoms with Crippen LogP contribution < -0.4 is 14.8 Å². The second-order valence-corrected chi connectivity index (χ2v) is 7.51. The third kappa shape index (κ3) is 7.34. The summed E-state index contributed by atoms with van der Waals surface area (Å²) in [5, 5.41) is 2.99. The molecule has 0 bridgehead atoms. The summed E-state index contributed by atoms with van der Waals surface area (Å²) in [6, 6.07) is 15.6. The van der Waals surface area contributed by atoms with Gasteiger partial charge in [0, 0.05) is 31.0 Å². The highest BCUT2D eigenvalue weighted by atomic mass is 16.5. The summed E-state index contributed by atoms with van der Waals surface area (Å²) in [7, 11) is 0. The number of aromatic nitrogens is 2. The fraction of sp³-hybridized carbons (Fsp3) is 0.360. The molecule has 1 heterocycles. The summed E-state index contributed by atoms with van der Waals surface area (Å²) in [5.74, 6) is 1.62. The Morgan fingerprint density at radius 1 is 1.16 bits per heavy atom. The standard InChI is InChI=1S/C25H32N4O3/c1-3-31-24-11-5-4-9-22(24)19-29(15-7-14-28-16-12-26-20-28)25(30)27-13-17-32-23-10-6-8-21(2)18-23/h4-6,8-12,16,18,20H,3,7,13-15,17,19H2,1-2H3,(H,27,30). The van der Waals surface area contributed by atoms with Gasteiger partial charge in [-0.1, -0.05) is 30.3 Å². The molecule has 7 nitrogen and oxygen atoms in total. The normalized spacial score (nSPS) is 10.6. The Bertz CT molecular complexity index is 959. The van der Waals surface area contributed by atoms with Gasteiger partial charge in [0.05, 0.1) is 26.0 Å². The van der Waals surface area contributed by atoms with Crippen LogP contribution in [0.15, 0.2) is 67.3 Å². The van der Waals surface area contributed by atoms with Crippen molar-refractivity contribution in [1.29, 1.82) is 0 Å². The Kier molecular flexibility index (Phi) is 8.98. The molecule has 0 saturated carbocycles. The van der Waals surface area contributed by atoms with Gasteiger partial charge >= 0.3 is 6.03 Å². The van der Waals surface area contributed by atoms with Crippen molar-refractivity contribution in [2.45, 2.75) is 33.4 Å². The average Bonchev–Trinajstić information content (AvgIpc) is 3.31. The van der Waals surface area contributed by atoms with Gasteiger partial charge < -0.3 is 24.3 Å². The molecule has 1 N–H and O–H groups in total. The van der Waals surface area contributed by atoms with E-state index in [0.29, 0.717) is 32.8 Å². The molecule has 3 rings (SSSR count). The minimum absolute atomic E-state index is 0.116. The number of ether oxygens (including phenoxy) is 2. The highest BCUT2D eigenvalue weighted by molar-refractivity contribution is 5.74. The van der Waals surface area contributed by atoms with E-state index in [1.807, 2.05) is 78.0 Å². The topological polar surface area (TPSA) is 68.6 Å². The van der Waals surface area contributed by atoms with Gasteiger partial charge in [0.25, 0.3) is 0 Å². The molecule has 0 saturated heterocycles. The summed E-state index contributed by atoms with van der Waals surface area (Å²) in [6.45, 7) is 7.30. The smallest absolute Gasteiger partial charge is 0.317 e. The minimum Gasteiger partial charge on any atom is -0.494 e. The monoisotopic (exact) mass is 436 g/mol. The molecule has 0 aliphatic heterocycles. The maximum absolute atomic E-state index is 13.0. The van der Waals surface area contributed by atoms with E-state index in [1.165, 1.54) is 0 Å². The number of imidazole rings is 1. The van der Waals surface area contributed by atoms with E-state index < -0.39 is 0 Å². The van der Waals surface area contributed by atoms with Crippen LogP contribution in [0.5, 0.6) is 11.5 Å². The lowest BCUT2D eigenvalue weighted by Gasteiger charge is -2.24. The van der Waals surface area contributed by atoms with Crippen LogP contribution >= 0.6 is 0 Å². The first-order chi connectivity index (χ1) is 15.7. The first-order valence-corrected chi connectivity index (χ1v) is 11.0. The number of para-hydroxylation sites is 1. The van der Waals surface area contributed by atoms with Crippen LogP contribution in [0, 0.1) is 6.92 Å². The highest BCUT2D eigenvalue weighted by Crippen LogP contribution is 2.20. The van der Waals surface area contributed by atoms with Crippen molar-refractivity contribution < 1.29 is 14.3 Å². The van der Waals surface area contributed by atoms with Gasteiger partial charge in [0.1, 0.15) is 18.1 Å². The van der Waals surface area contributed by atoms with Crippen LogP contribution in [0.2, 0.25) is 0 Å². The Labute approximate surface area is 190 Å². The second-order valence-electron chi connectivity index (χ2n) is 7.51. The van der Waals surface area contributed by atoms with Crippen LogP contribution in [0.4, 0.5) is 4.79 Å².